The second-order valence-corrected chi connectivity index (χ2v) is 5.24. The van der Waals surface area contributed by atoms with Gasteiger partial charge in [-0.1, -0.05) is 0 Å². The van der Waals surface area contributed by atoms with Crippen molar-refractivity contribution in [1.82, 2.24) is 24.6 Å². The normalized spacial score (nSPS) is 22.6. The number of aromatic nitrogens is 4. The van der Waals surface area contributed by atoms with Crippen molar-refractivity contribution in [2.24, 2.45) is 0 Å². The third-order valence-electron chi connectivity index (χ3n) is 3.50. The minimum Gasteiger partial charge on any atom is -0.335 e. The van der Waals surface area contributed by atoms with Crippen LogP contribution in [0.4, 0.5) is 4.39 Å². The molecule has 6 nitrogen and oxygen atoms in total. The number of rotatable bonds is 2. The van der Waals surface area contributed by atoms with Gasteiger partial charge in [-0.2, -0.15) is 10.1 Å². The highest BCUT2D eigenvalue weighted by Crippen LogP contribution is 2.23. The van der Waals surface area contributed by atoms with Crippen LogP contribution >= 0.6 is 11.6 Å². The maximum Gasteiger partial charge on any atom is 0.224 e. The SMILES string of the molecule is CC(=O)N1C[C@@H](F)C[C@H]1Cn1ncc2cnc(Cl)nc21. The van der Waals surface area contributed by atoms with Crippen LogP contribution in [0.1, 0.15) is 13.3 Å². The third-order valence-corrected chi connectivity index (χ3v) is 3.68. The lowest BCUT2D eigenvalue weighted by Crippen LogP contribution is -2.36. The fourth-order valence-electron chi connectivity index (χ4n) is 2.60. The highest BCUT2D eigenvalue weighted by molar-refractivity contribution is 6.28. The lowest BCUT2D eigenvalue weighted by Gasteiger charge is -2.22. The number of hydrogen-bond acceptors (Lipinski definition) is 4. The minimum atomic E-state index is -0.982. The average Bonchev–Trinajstić information content (AvgIpc) is 2.94. The first-order valence-electron chi connectivity index (χ1n) is 6.30. The standard InChI is InChI=1S/C12H13ClFN5O/c1-7(20)18-5-9(14)2-10(18)6-19-11-8(4-16-19)3-15-12(13)17-11/h3-4,9-10H,2,5-6H2,1H3/t9-,10-/m0/s1. The minimum absolute atomic E-state index is 0.126. The quantitative estimate of drug-likeness (QED) is 0.787. The van der Waals surface area contributed by atoms with E-state index in [2.05, 4.69) is 15.1 Å². The lowest BCUT2D eigenvalue weighted by molar-refractivity contribution is -0.130. The Morgan fingerprint density at radius 2 is 2.35 bits per heavy atom. The number of carbonyl (C=O) groups excluding carboxylic acids is 1. The van der Waals surface area contributed by atoms with Crippen molar-refractivity contribution in [1.29, 1.82) is 0 Å². The molecule has 0 aromatic carbocycles. The summed E-state index contributed by atoms with van der Waals surface area (Å²) in [6, 6.07) is -0.209. The zero-order valence-corrected chi connectivity index (χ0v) is 11.6. The second kappa shape index (κ2) is 4.97. The molecule has 0 radical (unpaired) electrons. The van der Waals surface area contributed by atoms with Crippen molar-refractivity contribution in [3.05, 3.63) is 17.7 Å². The van der Waals surface area contributed by atoms with Gasteiger partial charge in [-0.3, -0.25) is 4.79 Å². The van der Waals surface area contributed by atoms with Crippen molar-refractivity contribution >= 4 is 28.5 Å². The number of amides is 1. The summed E-state index contributed by atoms with van der Waals surface area (Å²) in [6.07, 6.45) is 2.55. The molecule has 1 aliphatic rings. The van der Waals surface area contributed by atoms with Gasteiger partial charge in [0.2, 0.25) is 11.2 Å². The molecule has 1 fully saturated rings. The van der Waals surface area contributed by atoms with Crippen LogP contribution in [0.2, 0.25) is 5.28 Å². The largest absolute Gasteiger partial charge is 0.335 e. The van der Waals surface area contributed by atoms with E-state index in [9.17, 15) is 9.18 Å². The molecule has 106 valence electrons. The Labute approximate surface area is 119 Å². The molecule has 3 heterocycles. The molecule has 20 heavy (non-hydrogen) atoms. The van der Waals surface area contributed by atoms with Gasteiger partial charge in [0.05, 0.1) is 30.7 Å². The topological polar surface area (TPSA) is 63.9 Å². The molecule has 1 aliphatic heterocycles. The van der Waals surface area contributed by atoms with E-state index in [1.54, 1.807) is 22.0 Å². The first-order chi connectivity index (χ1) is 9.54. The first kappa shape index (κ1) is 13.2. The van der Waals surface area contributed by atoms with Crippen molar-refractivity contribution < 1.29 is 9.18 Å². The van der Waals surface area contributed by atoms with Crippen LogP contribution in [0.15, 0.2) is 12.4 Å². The molecular weight excluding hydrogens is 285 g/mol. The predicted octanol–water partition coefficient (Wildman–Crippen LogP) is 1.44. The molecule has 2 atom stereocenters. The van der Waals surface area contributed by atoms with E-state index in [1.165, 1.54) is 6.92 Å². The molecule has 0 aliphatic carbocycles. The Bertz CT molecular complexity index is 660. The van der Waals surface area contributed by atoms with E-state index in [4.69, 9.17) is 11.6 Å². The first-order valence-corrected chi connectivity index (χ1v) is 6.67. The summed E-state index contributed by atoms with van der Waals surface area (Å²) in [4.78, 5) is 21.1. The van der Waals surface area contributed by atoms with Gasteiger partial charge in [-0.15, -0.1) is 0 Å². The third kappa shape index (κ3) is 2.33. The lowest BCUT2D eigenvalue weighted by atomic mass is 10.2. The highest BCUT2D eigenvalue weighted by Gasteiger charge is 2.34. The number of likely N-dealkylation sites (tertiary alicyclic amines) is 1. The molecule has 0 unspecified atom stereocenters. The summed E-state index contributed by atoms with van der Waals surface area (Å²) in [6.45, 7) is 2.00. The van der Waals surface area contributed by atoms with Crippen molar-refractivity contribution in [3.63, 3.8) is 0 Å². The summed E-state index contributed by atoms with van der Waals surface area (Å²) < 4.78 is 15.2. The van der Waals surface area contributed by atoms with E-state index < -0.39 is 6.17 Å². The van der Waals surface area contributed by atoms with Crippen LogP contribution in [0, 0.1) is 0 Å². The summed E-state index contributed by atoms with van der Waals surface area (Å²) in [5.41, 5.74) is 0.593. The molecule has 0 spiro atoms. The van der Waals surface area contributed by atoms with Crippen molar-refractivity contribution in [2.45, 2.75) is 32.1 Å². The van der Waals surface area contributed by atoms with Crippen molar-refractivity contribution in [2.75, 3.05) is 6.54 Å². The predicted molar refractivity (Wildman–Crippen MR) is 71.0 cm³/mol. The Morgan fingerprint density at radius 3 is 3.10 bits per heavy atom. The van der Waals surface area contributed by atoms with Crippen LogP contribution in [-0.4, -0.2) is 49.3 Å². The van der Waals surface area contributed by atoms with E-state index >= 15 is 0 Å². The zero-order chi connectivity index (χ0) is 14.3. The molecular formula is C12H13ClFN5O. The summed E-state index contributed by atoms with van der Waals surface area (Å²) in [5, 5.41) is 5.11. The summed E-state index contributed by atoms with van der Waals surface area (Å²) >= 11 is 5.78. The van der Waals surface area contributed by atoms with Crippen LogP contribution in [-0.2, 0) is 11.3 Å². The molecule has 2 aromatic rings. The molecule has 8 heteroatoms. The maximum absolute atomic E-state index is 13.5. The van der Waals surface area contributed by atoms with Gasteiger partial charge in [0.25, 0.3) is 0 Å². The van der Waals surface area contributed by atoms with E-state index in [-0.39, 0.29) is 23.8 Å². The number of hydrogen-bond donors (Lipinski definition) is 0. The van der Waals surface area contributed by atoms with Crippen molar-refractivity contribution in [3.8, 4) is 0 Å². The number of alkyl halides is 1. The number of halogens is 2. The smallest absolute Gasteiger partial charge is 0.224 e. The van der Waals surface area contributed by atoms with Gasteiger partial charge in [0.15, 0.2) is 5.65 Å². The van der Waals surface area contributed by atoms with Gasteiger partial charge in [0.1, 0.15) is 6.17 Å². The second-order valence-electron chi connectivity index (χ2n) is 4.90. The highest BCUT2D eigenvalue weighted by atomic mass is 35.5. The maximum atomic E-state index is 13.5. The van der Waals surface area contributed by atoms with E-state index in [1.807, 2.05) is 0 Å². The van der Waals surface area contributed by atoms with Crippen LogP contribution in [0.25, 0.3) is 11.0 Å². The van der Waals surface area contributed by atoms with Gasteiger partial charge in [0, 0.05) is 19.5 Å². The zero-order valence-electron chi connectivity index (χ0n) is 10.8. The monoisotopic (exact) mass is 297 g/mol. The van der Waals surface area contributed by atoms with Gasteiger partial charge in [-0.25, -0.2) is 14.1 Å². The number of carbonyl (C=O) groups is 1. The van der Waals surface area contributed by atoms with E-state index in [0.717, 1.165) is 5.39 Å². The molecule has 2 aromatic heterocycles. The Hall–Kier alpha value is -1.76. The van der Waals surface area contributed by atoms with Gasteiger partial charge >= 0.3 is 0 Å². The van der Waals surface area contributed by atoms with Crippen LogP contribution in [0.3, 0.4) is 0 Å². The van der Waals surface area contributed by atoms with E-state index in [0.29, 0.717) is 18.6 Å². The number of nitrogens with zero attached hydrogens (tertiary/aromatic N) is 5. The number of fused-ring (bicyclic) bond motifs is 1. The Morgan fingerprint density at radius 1 is 1.55 bits per heavy atom. The molecule has 0 bridgehead atoms. The van der Waals surface area contributed by atoms with Crippen LogP contribution < -0.4 is 0 Å². The molecule has 3 rings (SSSR count). The average molecular weight is 298 g/mol. The van der Waals surface area contributed by atoms with Gasteiger partial charge in [-0.05, 0) is 11.6 Å². The molecule has 1 amide bonds. The molecule has 1 saturated heterocycles. The summed E-state index contributed by atoms with van der Waals surface area (Å²) in [7, 11) is 0. The molecule has 0 saturated carbocycles. The fourth-order valence-corrected chi connectivity index (χ4v) is 2.73. The van der Waals surface area contributed by atoms with Gasteiger partial charge < -0.3 is 4.90 Å². The fraction of sp³-hybridized carbons (Fsp3) is 0.500. The van der Waals surface area contributed by atoms with Crippen LogP contribution in [0.5, 0.6) is 0 Å². The Balaban J connectivity index is 1.89. The summed E-state index contributed by atoms with van der Waals surface area (Å²) in [5.74, 6) is -0.126. The Kier molecular flexibility index (Phi) is 3.29. The molecule has 0 N–H and O–H groups in total.